The molecule has 0 bridgehead atoms. The molecule has 1 aromatic carbocycles. The zero-order valence-electron chi connectivity index (χ0n) is 14.3. The van der Waals surface area contributed by atoms with Crippen LogP contribution in [0.25, 0.3) is 0 Å². The topological polar surface area (TPSA) is 58.6 Å². The number of fused-ring (bicyclic) bond motifs is 1. The molecule has 0 aromatic heterocycles. The van der Waals surface area contributed by atoms with Gasteiger partial charge in [-0.05, 0) is 43.7 Å². The van der Waals surface area contributed by atoms with Crippen molar-refractivity contribution in [2.45, 2.75) is 51.5 Å². The van der Waals surface area contributed by atoms with Crippen LogP contribution in [0, 0.1) is 5.92 Å². The molecular formula is C19H26N2O3. The minimum absolute atomic E-state index is 0.0276. The molecule has 1 saturated carbocycles. The second-order valence-electron chi connectivity index (χ2n) is 6.81. The summed E-state index contributed by atoms with van der Waals surface area (Å²) in [7, 11) is 0. The van der Waals surface area contributed by atoms with Crippen molar-refractivity contribution in [2.24, 2.45) is 5.92 Å². The average molecular weight is 330 g/mol. The number of carbonyl (C=O) groups excluding carboxylic acids is 2. The first-order chi connectivity index (χ1) is 11.6. The lowest BCUT2D eigenvalue weighted by molar-refractivity contribution is -0.139. The number of ether oxygens (including phenoxy) is 1. The number of likely N-dealkylation sites (tertiary alicyclic amines) is 1. The van der Waals surface area contributed by atoms with Crippen molar-refractivity contribution >= 4 is 17.5 Å². The number of anilines is 1. The summed E-state index contributed by atoms with van der Waals surface area (Å²) in [4.78, 5) is 26.0. The molecule has 0 spiro atoms. The van der Waals surface area contributed by atoms with E-state index in [0.29, 0.717) is 23.4 Å². The Morgan fingerprint density at radius 1 is 1.17 bits per heavy atom. The van der Waals surface area contributed by atoms with Gasteiger partial charge in [-0.15, -0.1) is 0 Å². The Hall–Kier alpha value is -2.04. The standard InChI is InChI=1S/C19H26N2O3/c1-14(22)20-16-9-3-5-11-18(16)24-13-19(23)21-12-6-8-15-7-2-4-10-17(15)21/h3,5,9,11,15,17H,2,4,6-8,10,12-13H2,1H3,(H,20,22)/t15-,17-/m1/s1. The highest BCUT2D eigenvalue weighted by molar-refractivity contribution is 5.90. The van der Waals surface area contributed by atoms with E-state index in [4.69, 9.17) is 4.74 Å². The number of para-hydroxylation sites is 2. The first-order valence-electron chi connectivity index (χ1n) is 8.94. The maximum absolute atomic E-state index is 12.7. The molecule has 130 valence electrons. The Labute approximate surface area is 143 Å². The number of hydrogen-bond donors (Lipinski definition) is 1. The van der Waals surface area contributed by atoms with Gasteiger partial charge in [0.25, 0.3) is 5.91 Å². The van der Waals surface area contributed by atoms with Crippen LogP contribution in [-0.2, 0) is 9.59 Å². The lowest BCUT2D eigenvalue weighted by Crippen LogP contribution is -2.51. The Morgan fingerprint density at radius 3 is 2.75 bits per heavy atom. The lowest BCUT2D eigenvalue weighted by Gasteiger charge is -2.44. The zero-order chi connectivity index (χ0) is 16.9. The van der Waals surface area contributed by atoms with E-state index in [2.05, 4.69) is 5.32 Å². The first kappa shape index (κ1) is 16.8. The van der Waals surface area contributed by atoms with Crippen molar-refractivity contribution in [2.75, 3.05) is 18.5 Å². The average Bonchev–Trinajstić information content (AvgIpc) is 2.60. The van der Waals surface area contributed by atoms with Crippen molar-refractivity contribution in [1.82, 2.24) is 4.90 Å². The molecule has 2 fully saturated rings. The summed E-state index contributed by atoms with van der Waals surface area (Å²) in [5, 5.41) is 2.73. The molecule has 2 amide bonds. The summed E-state index contributed by atoms with van der Waals surface area (Å²) >= 11 is 0. The number of amides is 2. The van der Waals surface area contributed by atoms with E-state index in [1.807, 2.05) is 17.0 Å². The Bertz CT molecular complexity index is 600. The molecule has 1 aromatic rings. The van der Waals surface area contributed by atoms with Crippen LogP contribution >= 0.6 is 0 Å². The van der Waals surface area contributed by atoms with E-state index >= 15 is 0 Å². The molecule has 1 heterocycles. The van der Waals surface area contributed by atoms with Crippen LogP contribution in [-0.4, -0.2) is 35.9 Å². The highest BCUT2D eigenvalue weighted by Gasteiger charge is 2.35. The molecule has 2 aliphatic rings. The van der Waals surface area contributed by atoms with Crippen LogP contribution in [0.5, 0.6) is 5.75 Å². The predicted molar refractivity (Wildman–Crippen MR) is 92.9 cm³/mol. The molecular weight excluding hydrogens is 304 g/mol. The molecule has 3 rings (SSSR count). The van der Waals surface area contributed by atoms with Crippen LogP contribution in [0.2, 0.25) is 0 Å². The Morgan fingerprint density at radius 2 is 1.92 bits per heavy atom. The largest absolute Gasteiger partial charge is 0.482 e. The number of piperidine rings is 1. The molecule has 1 N–H and O–H groups in total. The van der Waals surface area contributed by atoms with Crippen LogP contribution in [0.3, 0.4) is 0 Å². The van der Waals surface area contributed by atoms with Crippen molar-refractivity contribution in [3.63, 3.8) is 0 Å². The number of rotatable bonds is 4. The quantitative estimate of drug-likeness (QED) is 0.922. The number of hydrogen-bond acceptors (Lipinski definition) is 3. The summed E-state index contributed by atoms with van der Waals surface area (Å²) in [6, 6.07) is 7.62. The summed E-state index contributed by atoms with van der Waals surface area (Å²) in [6.07, 6.45) is 7.23. The fourth-order valence-electron chi connectivity index (χ4n) is 4.04. The van der Waals surface area contributed by atoms with E-state index in [0.717, 1.165) is 19.4 Å². The molecule has 1 aliphatic carbocycles. The van der Waals surface area contributed by atoms with Gasteiger partial charge in [0.15, 0.2) is 6.61 Å². The fraction of sp³-hybridized carbons (Fsp3) is 0.579. The van der Waals surface area contributed by atoms with Gasteiger partial charge in [0.1, 0.15) is 5.75 Å². The van der Waals surface area contributed by atoms with Crippen LogP contribution < -0.4 is 10.1 Å². The van der Waals surface area contributed by atoms with Crippen LogP contribution in [0.4, 0.5) is 5.69 Å². The van der Waals surface area contributed by atoms with Gasteiger partial charge in [0.05, 0.1) is 5.69 Å². The molecule has 0 unspecified atom stereocenters. The second kappa shape index (κ2) is 7.69. The SMILES string of the molecule is CC(=O)Nc1ccccc1OCC(=O)N1CCC[C@H]2CCCC[C@H]21. The summed E-state index contributed by atoms with van der Waals surface area (Å²) in [5.74, 6) is 1.11. The van der Waals surface area contributed by atoms with Gasteiger partial charge < -0.3 is 15.0 Å². The van der Waals surface area contributed by atoms with E-state index < -0.39 is 0 Å². The number of benzene rings is 1. The number of nitrogens with zero attached hydrogens (tertiary/aromatic N) is 1. The van der Waals surface area contributed by atoms with E-state index in [1.54, 1.807) is 12.1 Å². The Kier molecular flexibility index (Phi) is 5.38. The minimum Gasteiger partial charge on any atom is -0.482 e. The van der Waals surface area contributed by atoms with Crippen LogP contribution in [0.15, 0.2) is 24.3 Å². The maximum atomic E-state index is 12.7. The van der Waals surface area contributed by atoms with E-state index in [1.165, 1.54) is 32.6 Å². The third kappa shape index (κ3) is 3.89. The van der Waals surface area contributed by atoms with Gasteiger partial charge in [-0.3, -0.25) is 9.59 Å². The molecule has 1 aliphatic heterocycles. The summed E-state index contributed by atoms with van der Waals surface area (Å²) < 4.78 is 5.73. The normalized spacial score (nSPS) is 23.3. The number of carbonyl (C=O) groups is 2. The van der Waals surface area contributed by atoms with Crippen molar-refractivity contribution in [3.8, 4) is 5.75 Å². The third-order valence-corrected chi connectivity index (χ3v) is 5.11. The van der Waals surface area contributed by atoms with Gasteiger partial charge in [0.2, 0.25) is 5.91 Å². The molecule has 5 heteroatoms. The third-order valence-electron chi connectivity index (χ3n) is 5.11. The van der Waals surface area contributed by atoms with Gasteiger partial charge in [-0.2, -0.15) is 0 Å². The first-order valence-corrected chi connectivity index (χ1v) is 8.94. The van der Waals surface area contributed by atoms with Crippen LogP contribution in [0.1, 0.15) is 45.4 Å². The molecule has 1 saturated heterocycles. The molecule has 2 atom stereocenters. The van der Waals surface area contributed by atoms with Crippen molar-refractivity contribution < 1.29 is 14.3 Å². The molecule has 24 heavy (non-hydrogen) atoms. The smallest absolute Gasteiger partial charge is 0.260 e. The van der Waals surface area contributed by atoms with Gasteiger partial charge in [0, 0.05) is 19.5 Å². The summed E-state index contributed by atoms with van der Waals surface area (Å²) in [5.41, 5.74) is 0.604. The minimum atomic E-state index is -0.154. The Balaban J connectivity index is 1.62. The zero-order valence-corrected chi connectivity index (χ0v) is 14.3. The van der Waals surface area contributed by atoms with E-state index in [9.17, 15) is 9.59 Å². The maximum Gasteiger partial charge on any atom is 0.260 e. The van der Waals surface area contributed by atoms with Gasteiger partial charge in [-0.1, -0.05) is 25.0 Å². The van der Waals surface area contributed by atoms with Gasteiger partial charge >= 0.3 is 0 Å². The summed E-state index contributed by atoms with van der Waals surface area (Å²) in [6.45, 7) is 2.33. The van der Waals surface area contributed by atoms with Gasteiger partial charge in [-0.25, -0.2) is 0 Å². The molecule has 0 radical (unpaired) electrons. The lowest BCUT2D eigenvalue weighted by atomic mass is 9.78. The second-order valence-corrected chi connectivity index (χ2v) is 6.81. The van der Waals surface area contributed by atoms with E-state index in [-0.39, 0.29) is 18.4 Å². The highest BCUT2D eigenvalue weighted by Crippen LogP contribution is 2.35. The highest BCUT2D eigenvalue weighted by atomic mass is 16.5. The van der Waals surface area contributed by atoms with Crippen molar-refractivity contribution in [1.29, 1.82) is 0 Å². The fourth-order valence-corrected chi connectivity index (χ4v) is 4.04. The predicted octanol–water partition coefficient (Wildman–Crippen LogP) is 3.21. The molecule has 5 nitrogen and oxygen atoms in total. The monoisotopic (exact) mass is 330 g/mol. The number of nitrogens with one attached hydrogen (secondary N) is 1. The van der Waals surface area contributed by atoms with Crippen molar-refractivity contribution in [3.05, 3.63) is 24.3 Å².